The number of hydrogen-bond donors (Lipinski definition) is 1. The summed E-state index contributed by atoms with van der Waals surface area (Å²) >= 11 is 0. The molecule has 0 aliphatic rings. The van der Waals surface area contributed by atoms with Gasteiger partial charge < -0.3 is 9.72 Å². The summed E-state index contributed by atoms with van der Waals surface area (Å²) in [5.74, 6) is -0.555. The minimum absolute atomic E-state index is 0.155. The second kappa shape index (κ2) is 4.24. The molecule has 2 heterocycles. The highest BCUT2D eigenvalue weighted by molar-refractivity contribution is 6.00. The van der Waals surface area contributed by atoms with E-state index in [0.717, 1.165) is 17.0 Å². The second-order valence-corrected chi connectivity index (χ2v) is 4.04. The molecule has 2 aromatic heterocycles. The molecule has 3 aromatic rings. The van der Waals surface area contributed by atoms with Crippen LogP contribution in [-0.4, -0.2) is 27.2 Å². The van der Waals surface area contributed by atoms with E-state index in [2.05, 4.69) is 10.1 Å². The average molecular weight is 257 g/mol. The third-order valence-electron chi connectivity index (χ3n) is 2.83. The van der Waals surface area contributed by atoms with Gasteiger partial charge in [0, 0.05) is 5.39 Å². The van der Waals surface area contributed by atoms with Gasteiger partial charge in [0.25, 0.3) is 5.56 Å². The molecule has 1 N–H and O–H groups in total. The number of ether oxygens (including phenoxy) is 1. The number of nitrogens with one attached hydrogen (secondary N) is 1. The molecular weight excluding hydrogens is 246 g/mol. The van der Waals surface area contributed by atoms with Crippen molar-refractivity contribution in [3.8, 4) is 0 Å². The van der Waals surface area contributed by atoms with Crippen LogP contribution in [0.3, 0.4) is 0 Å². The zero-order valence-electron chi connectivity index (χ0n) is 10.2. The molecule has 0 radical (unpaired) electrons. The highest BCUT2D eigenvalue weighted by atomic mass is 16.5. The Labute approximate surface area is 107 Å². The smallest absolute Gasteiger partial charge is 0.333 e. The normalized spacial score (nSPS) is 12.4. The van der Waals surface area contributed by atoms with E-state index in [1.807, 2.05) is 18.2 Å². The Kier molecular flexibility index (Phi) is 2.56. The van der Waals surface area contributed by atoms with Crippen LogP contribution in [0.15, 0.2) is 29.2 Å². The fraction of sp³-hybridized carbons (Fsp3) is 0.154. The summed E-state index contributed by atoms with van der Waals surface area (Å²) in [6.07, 6.45) is 2.76. The van der Waals surface area contributed by atoms with Gasteiger partial charge in [-0.1, -0.05) is 12.1 Å². The van der Waals surface area contributed by atoms with Crippen molar-refractivity contribution in [3.05, 3.63) is 40.1 Å². The topological polar surface area (TPSA) is 76.5 Å². The number of benzene rings is 1. The van der Waals surface area contributed by atoms with Gasteiger partial charge in [-0.3, -0.25) is 4.79 Å². The standard InChI is InChI=1S/C13H11N3O3/c1-2-19-11(17)6-10-13(18)16-12-8(7-14-16)4-3-5-9(12)15-10/h3-7,15H,2H2,1H3/b10-6+. The van der Waals surface area contributed by atoms with Crippen molar-refractivity contribution in [1.82, 2.24) is 14.6 Å². The molecule has 6 nitrogen and oxygen atoms in total. The van der Waals surface area contributed by atoms with E-state index in [1.165, 1.54) is 4.52 Å². The Bertz CT molecular complexity index is 876. The SMILES string of the molecule is CCOC(=O)/C=c1/[nH]c2cccc3cnn(c1=O)c32. The number of carbonyl (C=O) groups excluding carboxylic acids is 1. The van der Waals surface area contributed by atoms with Crippen molar-refractivity contribution in [2.45, 2.75) is 6.92 Å². The third kappa shape index (κ3) is 1.77. The number of esters is 1. The second-order valence-electron chi connectivity index (χ2n) is 4.04. The lowest BCUT2D eigenvalue weighted by Crippen LogP contribution is -2.35. The van der Waals surface area contributed by atoms with Crippen LogP contribution in [0, 0.1) is 0 Å². The van der Waals surface area contributed by atoms with Gasteiger partial charge in [0.1, 0.15) is 10.9 Å². The monoisotopic (exact) mass is 257 g/mol. The summed E-state index contributed by atoms with van der Waals surface area (Å²) in [6.45, 7) is 1.97. The zero-order valence-corrected chi connectivity index (χ0v) is 10.2. The van der Waals surface area contributed by atoms with Crippen LogP contribution in [0.4, 0.5) is 0 Å². The first-order valence-corrected chi connectivity index (χ1v) is 5.87. The number of aromatic nitrogens is 3. The van der Waals surface area contributed by atoms with Crippen LogP contribution in [-0.2, 0) is 9.53 Å². The van der Waals surface area contributed by atoms with Crippen molar-refractivity contribution in [2.75, 3.05) is 6.61 Å². The molecule has 0 amide bonds. The van der Waals surface area contributed by atoms with Crippen LogP contribution >= 0.6 is 0 Å². The number of hydrogen-bond acceptors (Lipinski definition) is 4. The Morgan fingerprint density at radius 2 is 2.37 bits per heavy atom. The van der Waals surface area contributed by atoms with Gasteiger partial charge >= 0.3 is 5.97 Å². The lowest BCUT2D eigenvalue weighted by atomic mass is 10.2. The molecule has 0 atom stereocenters. The minimum Gasteiger partial charge on any atom is -0.463 e. The number of nitrogens with zero attached hydrogens (tertiary/aromatic N) is 2. The van der Waals surface area contributed by atoms with Gasteiger partial charge in [-0.05, 0) is 13.0 Å². The maximum Gasteiger partial charge on any atom is 0.333 e. The Balaban J connectivity index is 2.35. The van der Waals surface area contributed by atoms with Crippen molar-refractivity contribution < 1.29 is 9.53 Å². The van der Waals surface area contributed by atoms with Crippen LogP contribution < -0.4 is 10.9 Å². The van der Waals surface area contributed by atoms with E-state index in [-0.39, 0.29) is 17.5 Å². The van der Waals surface area contributed by atoms with Crippen molar-refractivity contribution >= 4 is 28.5 Å². The molecule has 1 aromatic carbocycles. The number of rotatable bonds is 2. The molecule has 0 spiro atoms. The molecule has 0 unspecified atom stereocenters. The number of para-hydroxylation sites is 1. The molecule has 0 saturated carbocycles. The fourth-order valence-corrected chi connectivity index (χ4v) is 2.05. The molecule has 3 rings (SSSR count). The fourth-order valence-electron chi connectivity index (χ4n) is 2.05. The molecule has 0 aliphatic carbocycles. The Morgan fingerprint density at radius 3 is 3.16 bits per heavy atom. The third-order valence-corrected chi connectivity index (χ3v) is 2.83. The quantitative estimate of drug-likeness (QED) is 0.667. The summed E-state index contributed by atoms with van der Waals surface area (Å²) in [5, 5.41) is 5.07. The maximum absolute atomic E-state index is 12.2. The lowest BCUT2D eigenvalue weighted by Gasteiger charge is -2.00. The molecule has 6 heteroatoms. The van der Waals surface area contributed by atoms with Gasteiger partial charge in [0.2, 0.25) is 0 Å². The van der Waals surface area contributed by atoms with Gasteiger partial charge in [0.15, 0.2) is 0 Å². The van der Waals surface area contributed by atoms with E-state index in [4.69, 9.17) is 4.74 Å². The molecule has 0 fully saturated rings. The minimum atomic E-state index is -0.555. The van der Waals surface area contributed by atoms with E-state index < -0.39 is 5.97 Å². The van der Waals surface area contributed by atoms with Crippen molar-refractivity contribution in [1.29, 1.82) is 0 Å². The maximum atomic E-state index is 12.2. The highest BCUT2D eigenvalue weighted by Crippen LogP contribution is 2.15. The number of H-pyrrole nitrogens is 1. The predicted molar refractivity (Wildman–Crippen MR) is 69.6 cm³/mol. The molecular formula is C13H11N3O3. The summed E-state index contributed by atoms with van der Waals surface area (Å²) in [6, 6.07) is 5.55. The van der Waals surface area contributed by atoms with Crippen molar-refractivity contribution in [3.63, 3.8) is 0 Å². The van der Waals surface area contributed by atoms with Gasteiger partial charge in [-0.15, -0.1) is 0 Å². The van der Waals surface area contributed by atoms with Crippen LogP contribution in [0.5, 0.6) is 0 Å². The largest absolute Gasteiger partial charge is 0.463 e. The molecule has 19 heavy (non-hydrogen) atoms. The van der Waals surface area contributed by atoms with Gasteiger partial charge in [-0.25, -0.2) is 4.79 Å². The van der Waals surface area contributed by atoms with Crippen LogP contribution in [0.25, 0.3) is 22.5 Å². The van der Waals surface area contributed by atoms with E-state index in [9.17, 15) is 9.59 Å². The number of aromatic amines is 1. The number of carbonyl (C=O) groups is 1. The highest BCUT2D eigenvalue weighted by Gasteiger charge is 2.08. The average Bonchev–Trinajstić information content (AvgIpc) is 2.81. The zero-order chi connectivity index (χ0) is 13.4. The first-order valence-electron chi connectivity index (χ1n) is 5.87. The van der Waals surface area contributed by atoms with Gasteiger partial charge in [0.05, 0.1) is 24.4 Å². The summed E-state index contributed by atoms with van der Waals surface area (Å²) < 4.78 is 6.08. The van der Waals surface area contributed by atoms with E-state index >= 15 is 0 Å². The van der Waals surface area contributed by atoms with Crippen LogP contribution in [0.1, 0.15) is 6.92 Å². The molecule has 0 saturated heterocycles. The predicted octanol–water partition coefficient (Wildman–Crippen LogP) is 0.238. The molecule has 0 bridgehead atoms. The molecule has 0 aliphatic heterocycles. The van der Waals surface area contributed by atoms with E-state index in [0.29, 0.717) is 5.52 Å². The lowest BCUT2D eigenvalue weighted by molar-refractivity contribution is -0.135. The molecule has 96 valence electrons. The van der Waals surface area contributed by atoms with Crippen molar-refractivity contribution in [2.24, 2.45) is 0 Å². The van der Waals surface area contributed by atoms with E-state index in [1.54, 1.807) is 13.1 Å². The Morgan fingerprint density at radius 1 is 1.53 bits per heavy atom. The van der Waals surface area contributed by atoms with Gasteiger partial charge in [-0.2, -0.15) is 9.61 Å². The summed E-state index contributed by atoms with van der Waals surface area (Å²) in [5.41, 5.74) is 1.08. The van der Waals surface area contributed by atoms with Crippen LogP contribution in [0.2, 0.25) is 0 Å². The first-order chi connectivity index (χ1) is 9.20. The summed E-state index contributed by atoms with van der Waals surface area (Å²) in [4.78, 5) is 26.5. The summed E-state index contributed by atoms with van der Waals surface area (Å²) in [7, 11) is 0. The first kappa shape index (κ1) is 11.5. The Hall–Kier alpha value is -2.63.